The van der Waals surface area contributed by atoms with Gasteiger partial charge in [-0.2, -0.15) is 0 Å². The molecule has 1 aliphatic rings. The molecule has 0 aliphatic carbocycles. The third kappa shape index (κ3) is 4.29. The second kappa shape index (κ2) is 7.90. The molecule has 2 atom stereocenters. The molecule has 0 unspecified atom stereocenters. The highest BCUT2D eigenvalue weighted by molar-refractivity contribution is 6.00. The van der Waals surface area contributed by atoms with Crippen molar-refractivity contribution in [2.24, 2.45) is 0 Å². The molecule has 1 aromatic heterocycles. The summed E-state index contributed by atoms with van der Waals surface area (Å²) in [7, 11) is 0. The Labute approximate surface area is 170 Å². The molecule has 0 radical (unpaired) electrons. The quantitative estimate of drug-likeness (QED) is 0.661. The summed E-state index contributed by atoms with van der Waals surface area (Å²) in [6.45, 7) is 9.73. The Bertz CT molecular complexity index is 1070. The Hall–Kier alpha value is -2.82. The van der Waals surface area contributed by atoms with Gasteiger partial charge in [0.15, 0.2) is 11.2 Å². The van der Waals surface area contributed by atoms with Crippen molar-refractivity contribution in [3.63, 3.8) is 0 Å². The Morgan fingerprint density at radius 3 is 2.66 bits per heavy atom. The maximum Gasteiger partial charge on any atom is 0.293 e. The number of aromatic hydroxyl groups is 1. The monoisotopic (exact) mass is 396 g/mol. The normalized spacial score (nSPS) is 21.0. The van der Waals surface area contributed by atoms with Crippen LogP contribution in [-0.4, -0.2) is 16.5 Å². The van der Waals surface area contributed by atoms with Crippen molar-refractivity contribution in [1.82, 2.24) is 0 Å². The van der Waals surface area contributed by atoms with E-state index in [1.807, 2.05) is 34.6 Å². The van der Waals surface area contributed by atoms with E-state index in [1.165, 1.54) is 12.1 Å². The zero-order valence-corrected chi connectivity index (χ0v) is 17.7. The SMILES string of the molecule is CC(C)=CC(=O)/C=C(\C)CCC[C@]1(C)Oc2oc3cc(O)ccc3c(=O)c2[C@H]1C. The second-order valence-corrected chi connectivity index (χ2v) is 8.42. The molecule has 154 valence electrons. The molecule has 0 saturated heterocycles. The summed E-state index contributed by atoms with van der Waals surface area (Å²) < 4.78 is 11.9. The van der Waals surface area contributed by atoms with E-state index in [9.17, 15) is 14.7 Å². The number of fused-ring (bicyclic) bond motifs is 2. The van der Waals surface area contributed by atoms with Crippen molar-refractivity contribution >= 4 is 16.8 Å². The third-order valence-corrected chi connectivity index (χ3v) is 5.62. The molecule has 0 bridgehead atoms. The number of rotatable bonds is 6. The van der Waals surface area contributed by atoms with Crippen LogP contribution >= 0.6 is 0 Å². The van der Waals surface area contributed by atoms with E-state index >= 15 is 0 Å². The maximum absolute atomic E-state index is 12.9. The number of benzene rings is 1. The number of carbonyl (C=O) groups is 1. The molecule has 0 spiro atoms. The van der Waals surface area contributed by atoms with Crippen LogP contribution in [0, 0.1) is 0 Å². The van der Waals surface area contributed by atoms with Gasteiger partial charge in [-0.1, -0.05) is 18.1 Å². The summed E-state index contributed by atoms with van der Waals surface area (Å²) in [5, 5.41) is 10.1. The van der Waals surface area contributed by atoms with Crippen LogP contribution < -0.4 is 10.2 Å². The first-order chi connectivity index (χ1) is 13.6. The van der Waals surface area contributed by atoms with E-state index in [0.29, 0.717) is 16.5 Å². The highest BCUT2D eigenvalue weighted by atomic mass is 16.6. The van der Waals surface area contributed by atoms with E-state index in [4.69, 9.17) is 9.15 Å². The molecule has 1 aromatic carbocycles. The molecule has 0 fully saturated rings. The van der Waals surface area contributed by atoms with E-state index in [1.54, 1.807) is 18.2 Å². The maximum atomic E-state index is 12.9. The van der Waals surface area contributed by atoms with Crippen LogP contribution in [0.2, 0.25) is 0 Å². The van der Waals surface area contributed by atoms with Gasteiger partial charge >= 0.3 is 0 Å². The molecular weight excluding hydrogens is 368 g/mol. The number of carbonyl (C=O) groups excluding carboxylic acids is 1. The van der Waals surface area contributed by atoms with Crippen LogP contribution in [0.1, 0.15) is 65.4 Å². The Kier molecular flexibility index (Phi) is 5.69. The molecule has 2 aromatic rings. The van der Waals surface area contributed by atoms with E-state index in [-0.39, 0.29) is 28.8 Å². The average Bonchev–Trinajstić information content (AvgIpc) is 2.84. The van der Waals surface area contributed by atoms with E-state index in [2.05, 4.69) is 0 Å². The molecule has 0 saturated carbocycles. The van der Waals surface area contributed by atoms with Crippen molar-refractivity contribution in [1.29, 1.82) is 0 Å². The van der Waals surface area contributed by atoms with Crippen LogP contribution in [0.5, 0.6) is 11.7 Å². The van der Waals surface area contributed by atoms with Crippen LogP contribution in [0.25, 0.3) is 11.0 Å². The zero-order valence-electron chi connectivity index (χ0n) is 17.7. The number of ether oxygens (including phenoxy) is 1. The molecule has 1 N–H and O–H groups in total. The highest BCUT2D eigenvalue weighted by Gasteiger charge is 2.45. The first kappa shape index (κ1) is 20.9. The summed E-state index contributed by atoms with van der Waals surface area (Å²) >= 11 is 0. The lowest BCUT2D eigenvalue weighted by Gasteiger charge is -2.28. The Morgan fingerprint density at radius 2 is 1.97 bits per heavy atom. The lowest BCUT2D eigenvalue weighted by Crippen LogP contribution is -2.33. The standard InChI is InChI=1S/C24H28O5/c1-14(2)11-18(26)12-15(3)7-6-10-24(5)16(4)21-22(27)19-9-8-17(25)13-20(19)28-23(21)29-24/h8-9,11-13,16,25H,6-7,10H2,1-5H3/b15-12+/t16-,24+/m1/s1. The Balaban J connectivity index is 1.76. The molecule has 5 heteroatoms. The minimum Gasteiger partial charge on any atom is -0.508 e. The number of hydrogen-bond acceptors (Lipinski definition) is 5. The van der Waals surface area contributed by atoms with Crippen LogP contribution in [0.4, 0.5) is 0 Å². The fraction of sp³-hybridized carbons (Fsp3) is 0.417. The fourth-order valence-electron chi connectivity index (χ4n) is 3.86. The van der Waals surface area contributed by atoms with Crippen molar-refractivity contribution in [3.8, 4) is 11.7 Å². The van der Waals surface area contributed by atoms with Gasteiger partial charge < -0.3 is 14.3 Å². The number of hydrogen-bond donors (Lipinski definition) is 1. The number of ketones is 1. The van der Waals surface area contributed by atoms with Gasteiger partial charge in [-0.3, -0.25) is 9.59 Å². The van der Waals surface area contributed by atoms with Gasteiger partial charge in [0, 0.05) is 12.0 Å². The average molecular weight is 396 g/mol. The van der Waals surface area contributed by atoms with Gasteiger partial charge in [0.2, 0.25) is 0 Å². The largest absolute Gasteiger partial charge is 0.508 e. The van der Waals surface area contributed by atoms with Gasteiger partial charge in [0.05, 0.1) is 10.9 Å². The second-order valence-electron chi connectivity index (χ2n) is 8.42. The topological polar surface area (TPSA) is 76.7 Å². The molecule has 3 rings (SSSR count). The predicted octanol–water partition coefficient (Wildman–Crippen LogP) is 5.41. The van der Waals surface area contributed by atoms with Crippen LogP contribution in [0.15, 0.2) is 50.7 Å². The van der Waals surface area contributed by atoms with Gasteiger partial charge in [0.25, 0.3) is 5.95 Å². The first-order valence-corrected chi connectivity index (χ1v) is 9.95. The van der Waals surface area contributed by atoms with Gasteiger partial charge in [-0.05, 0) is 71.2 Å². The third-order valence-electron chi connectivity index (χ3n) is 5.62. The smallest absolute Gasteiger partial charge is 0.293 e. The Morgan fingerprint density at radius 1 is 1.24 bits per heavy atom. The minimum atomic E-state index is -0.561. The van der Waals surface area contributed by atoms with Crippen molar-refractivity contribution in [2.75, 3.05) is 0 Å². The van der Waals surface area contributed by atoms with Gasteiger partial charge in [0.1, 0.15) is 16.9 Å². The van der Waals surface area contributed by atoms with Gasteiger partial charge in [-0.25, -0.2) is 0 Å². The van der Waals surface area contributed by atoms with E-state index in [0.717, 1.165) is 30.4 Å². The molecule has 5 nitrogen and oxygen atoms in total. The molecule has 0 amide bonds. The molecule has 1 aliphatic heterocycles. The highest BCUT2D eigenvalue weighted by Crippen LogP contribution is 2.46. The summed E-state index contributed by atoms with van der Waals surface area (Å²) in [6, 6.07) is 4.49. The molecular formula is C24H28O5. The predicted molar refractivity (Wildman–Crippen MR) is 114 cm³/mol. The van der Waals surface area contributed by atoms with Crippen LogP contribution in [0.3, 0.4) is 0 Å². The van der Waals surface area contributed by atoms with Crippen molar-refractivity contribution in [3.05, 3.63) is 57.3 Å². The van der Waals surface area contributed by atoms with E-state index < -0.39 is 5.60 Å². The van der Waals surface area contributed by atoms with Crippen molar-refractivity contribution in [2.45, 2.75) is 65.4 Å². The first-order valence-electron chi connectivity index (χ1n) is 9.95. The summed E-state index contributed by atoms with van der Waals surface area (Å²) in [4.78, 5) is 24.8. The fourth-order valence-corrected chi connectivity index (χ4v) is 3.86. The summed E-state index contributed by atoms with van der Waals surface area (Å²) in [5.74, 6) is 0.174. The summed E-state index contributed by atoms with van der Waals surface area (Å²) in [6.07, 6.45) is 5.63. The zero-order chi connectivity index (χ0) is 21.3. The lowest BCUT2D eigenvalue weighted by molar-refractivity contribution is -0.110. The lowest BCUT2D eigenvalue weighted by atomic mass is 9.83. The summed E-state index contributed by atoms with van der Waals surface area (Å²) in [5.41, 5.74) is 2.21. The van der Waals surface area contributed by atoms with Gasteiger partial charge in [-0.15, -0.1) is 0 Å². The van der Waals surface area contributed by atoms with Crippen molar-refractivity contribution < 1.29 is 19.1 Å². The number of allylic oxidation sites excluding steroid dienone is 4. The minimum absolute atomic E-state index is 0.0105. The number of phenolic OH excluding ortho intramolecular Hbond substituents is 1. The van der Waals surface area contributed by atoms with Crippen LogP contribution in [-0.2, 0) is 4.79 Å². The molecule has 29 heavy (non-hydrogen) atoms. The molecule has 2 heterocycles. The number of phenols is 1.